The zero-order valence-electron chi connectivity index (χ0n) is 20.8. The molecule has 4 saturated carbocycles. The monoisotopic (exact) mass is 454 g/mol. The lowest BCUT2D eigenvalue weighted by molar-refractivity contribution is -0.0156. The molecule has 0 heterocycles. The zero-order chi connectivity index (χ0) is 22.7. The van der Waals surface area contributed by atoms with Crippen molar-refractivity contribution in [3.8, 4) is 0 Å². The fourth-order valence-electron chi connectivity index (χ4n) is 8.23. The quantitative estimate of drug-likeness (QED) is 0.375. The van der Waals surface area contributed by atoms with Gasteiger partial charge in [0, 0.05) is 0 Å². The maximum absolute atomic E-state index is 15.1. The summed E-state index contributed by atoms with van der Waals surface area (Å²) in [5.41, 5.74) is 0. The van der Waals surface area contributed by atoms with E-state index in [9.17, 15) is 4.39 Å². The molecule has 186 valence electrons. The van der Waals surface area contributed by atoms with Gasteiger partial charge >= 0.3 is 0 Å². The summed E-state index contributed by atoms with van der Waals surface area (Å²) in [7, 11) is 0. The summed E-state index contributed by atoms with van der Waals surface area (Å²) in [4.78, 5) is 0. The molecule has 0 nitrogen and oxygen atoms in total. The molecule has 0 aromatic carbocycles. The van der Waals surface area contributed by atoms with Gasteiger partial charge in [0.1, 0.15) is 18.5 Å². The number of hydrogen-bond acceptors (Lipinski definition) is 0. The fourth-order valence-corrected chi connectivity index (χ4v) is 8.23. The third kappa shape index (κ3) is 5.88. The molecule has 3 heteroatoms. The topological polar surface area (TPSA) is 0 Å². The van der Waals surface area contributed by atoms with E-state index in [2.05, 4.69) is 13.8 Å². The van der Waals surface area contributed by atoms with Crippen LogP contribution in [0.2, 0.25) is 0 Å². The largest absolute Gasteiger partial charge is 0.247 e. The zero-order valence-corrected chi connectivity index (χ0v) is 20.8. The fraction of sp³-hybridized carbons (Fsp3) is 1.00. The van der Waals surface area contributed by atoms with Crippen LogP contribution in [0, 0.1) is 47.3 Å². The first-order valence-corrected chi connectivity index (χ1v) is 14.4. The highest BCUT2D eigenvalue weighted by Gasteiger charge is 2.44. The number of halogens is 3. The highest BCUT2D eigenvalue weighted by molar-refractivity contribution is 4.93. The van der Waals surface area contributed by atoms with E-state index < -0.39 is 18.5 Å². The van der Waals surface area contributed by atoms with Gasteiger partial charge in [-0.05, 0) is 112 Å². The number of rotatable bonds is 6. The van der Waals surface area contributed by atoms with Gasteiger partial charge in [-0.1, -0.05) is 52.4 Å². The van der Waals surface area contributed by atoms with Gasteiger partial charge in [-0.15, -0.1) is 0 Å². The van der Waals surface area contributed by atoms with Crippen molar-refractivity contribution in [2.75, 3.05) is 0 Å². The average molecular weight is 455 g/mol. The summed E-state index contributed by atoms with van der Waals surface area (Å²) >= 11 is 0. The van der Waals surface area contributed by atoms with Crippen LogP contribution >= 0.6 is 0 Å². The summed E-state index contributed by atoms with van der Waals surface area (Å²) in [5.74, 6) is 3.39. The maximum Gasteiger partial charge on any atom is 0.134 e. The van der Waals surface area contributed by atoms with Crippen molar-refractivity contribution in [1.82, 2.24) is 0 Å². The van der Waals surface area contributed by atoms with Crippen LogP contribution in [0.1, 0.15) is 117 Å². The Morgan fingerprint density at radius 3 is 1.88 bits per heavy atom. The lowest BCUT2D eigenvalue weighted by Gasteiger charge is -2.42. The molecule has 4 aliphatic rings. The second-order valence-electron chi connectivity index (χ2n) is 12.5. The Kier molecular flexibility index (Phi) is 8.93. The molecule has 0 amide bonds. The first-order valence-electron chi connectivity index (χ1n) is 14.4. The Morgan fingerprint density at radius 1 is 0.594 bits per heavy atom. The van der Waals surface area contributed by atoms with Gasteiger partial charge < -0.3 is 0 Å². The van der Waals surface area contributed by atoms with Gasteiger partial charge in [0.15, 0.2) is 0 Å². The normalized spacial score (nSPS) is 48.5. The van der Waals surface area contributed by atoms with Gasteiger partial charge in [-0.2, -0.15) is 0 Å². The smallest absolute Gasteiger partial charge is 0.134 e. The molecule has 4 rings (SSSR count). The highest BCUT2D eigenvalue weighted by atomic mass is 19.2. The van der Waals surface area contributed by atoms with E-state index >= 15 is 8.78 Å². The SMILES string of the molecule is CCC1CCC(C2CCC(CCC3CCC(C4CCC(C)CC4)C(F)C3F)CC2)CC1F. The minimum atomic E-state index is -1.24. The van der Waals surface area contributed by atoms with Crippen molar-refractivity contribution in [1.29, 1.82) is 0 Å². The summed E-state index contributed by atoms with van der Waals surface area (Å²) < 4.78 is 44.6. The van der Waals surface area contributed by atoms with Crippen LogP contribution in [0.4, 0.5) is 13.2 Å². The van der Waals surface area contributed by atoms with E-state index in [1.165, 1.54) is 44.9 Å². The van der Waals surface area contributed by atoms with Crippen LogP contribution in [0.3, 0.4) is 0 Å². The molecule has 0 aliphatic heterocycles. The molecule has 0 saturated heterocycles. The Hall–Kier alpha value is -0.210. The number of alkyl halides is 3. The van der Waals surface area contributed by atoms with Gasteiger partial charge in [0.25, 0.3) is 0 Å². The van der Waals surface area contributed by atoms with Gasteiger partial charge in [-0.25, -0.2) is 13.2 Å². The molecule has 0 aromatic heterocycles. The van der Waals surface area contributed by atoms with E-state index in [1.807, 2.05) is 0 Å². The molecule has 0 radical (unpaired) electrons. The molecular formula is C29H49F3. The minimum absolute atomic E-state index is 0.0219. The van der Waals surface area contributed by atoms with Crippen molar-refractivity contribution in [3.63, 3.8) is 0 Å². The average Bonchev–Trinajstić information content (AvgIpc) is 2.81. The van der Waals surface area contributed by atoms with Crippen LogP contribution in [0.15, 0.2) is 0 Å². The molecule has 7 atom stereocenters. The van der Waals surface area contributed by atoms with E-state index in [0.717, 1.165) is 63.7 Å². The third-order valence-electron chi connectivity index (χ3n) is 10.7. The van der Waals surface area contributed by atoms with E-state index in [1.54, 1.807) is 0 Å². The van der Waals surface area contributed by atoms with Crippen LogP contribution in [0.5, 0.6) is 0 Å². The highest BCUT2D eigenvalue weighted by Crippen LogP contribution is 2.47. The molecule has 4 fully saturated rings. The van der Waals surface area contributed by atoms with Gasteiger partial charge in [-0.3, -0.25) is 0 Å². The van der Waals surface area contributed by atoms with E-state index in [0.29, 0.717) is 29.6 Å². The predicted molar refractivity (Wildman–Crippen MR) is 128 cm³/mol. The predicted octanol–water partition coefficient (Wildman–Crippen LogP) is 9.27. The first-order chi connectivity index (χ1) is 15.5. The molecule has 0 aromatic rings. The summed E-state index contributed by atoms with van der Waals surface area (Å²) in [6, 6.07) is 0. The van der Waals surface area contributed by atoms with Crippen molar-refractivity contribution in [3.05, 3.63) is 0 Å². The van der Waals surface area contributed by atoms with E-state index in [4.69, 9.17) is 0 Å². The summed E-state index contributed by atoms with van der Waals surface area (Å²) in [6.07, 6.45) is 14.3. The van der Waals surface area contributed by atoms with Crippen molar-refractivity contribution < 1.29 is 13.2 Å². The molecule has 0 bridgehead atoms. The van der Waals surface area contributed by atoms with Crippen LogP contribution < -0.4 is 0 Å². The third-order valence-corrected chi connectivity index (χ3v) is 10.7. The number of hydrogen-bond donors (Lipinski definition) is 0. The summed E-state index contributed by atoms with van der Waals surface area (Å²) in [6.45, 7) is 4.42. The molecule has 32 heavy (non-hydrogen) atoms. The van der Waals surface area contributed by atoms with Crippen LogP contribution in [-0.2, 0) is 0 Å². The lowest BCUT2D eigenvalue weighted by atomic mass is 9.66. The second kappa shape index (κ2) is 11.5. The van der Waals surface area contributed by atoms with Gasteiger partial charge in [0.05, 0.1) is 0 Å². The molecular weight excluding hydrogens is 405 g/mol. The maximum atomic E-state index is 15.1. The summed E-state index contributed by atoms with van der Waals surface area (Å²) in [5, 5.41) is 0. The molecule has 7 unspecified atom stereocenters. The van der Waals surface area contributed by atoms with Crippen molar-refractivity contribution in [2.45, 2.75) is 135 Å². The Morgan fingerprint density at radius 2 is 1.22 bits per heavy atom. The first kappa shape index (κ1) is 24.9. The van der Waals surface area contributed by atoms with E-state index in [-0.39, 0.29) is 11.8 Å². The van der Waals surface area contributed by atoms with Crippen molar-refractivity contribution >= 4 is 0 Å². The van der Waals surface area contributed by atoms with Crippen LogP contribution in [0.25, 0.3) is 0 Å². The Balaban J connectivity index is 1.17. The Bertz CT molecular complexity index is 549. The van der Waals surface area contributed by atoms with Crippen LogP contribution in [-0.4, -0.2) is 18.5 Å². The second-order valence-corrected chi connectivity index (χ2v) is 12.5. The van der Waals surface area contributed by atoms with Gasteiger partial charge in [0.2, 0.25) is 0 Å². The minimum Gasteiger partial charge on any atom is -0.247 e. The Labute approximate surface area is 195 Å². The molecule has 0 N–H and O–H groups in total. The standard InChI is InChI=1S/C29H49F3/c1-3-21-14-15-25(18-27(21)30)22-11-6-20(7-12-22)8-13-24-16-17-26(29(32)28(24)31)23-9-4-19(2)5-10-23/h19-29H,3-18H2,1-2H3. The molecule has 4 aliphatic carbocycles. The molecule has 0 spiro atoms. The van der Waals surface area contributed by atoms with Crippen molar-refractivity contribution in [2.24, 2.45) is 47.3 Å². The lowest BCUT2D eigenvalue weighted by Crippen LogP contribution is -2.42.